The van der Waals surface area contributed by atoms with Gasteiger partial charge in [0.25, 0.3) is 0 Å². The van der Waals surface area contributed by atoms with Crippen LogP contribution in [-0.4, -0.2) is 24.9 Å². The van der Waals surface area contributed by atoms with E-state index in [2.05, 4.69) is 31.0 Å². The number of rotatable bonds is 3. The van der Waals surface area contributed by atoms with Gasteiger partial charge in [0.1, 0.15) is 0 Å². The number of hydrogen-bond donors (Lipinski definition) is 0. The molecule has 5 nitrogen and oxygen atoms in total. The van der Waals surface area contributed by atoms with Crippen molar-refractivity contribution in [3.63, 3.8) is 0 Å². The molecular weight excluding hydrogens is 543 g/mol. The molecule has 0 atom stereocenters. The summed E-state index contributed by atoms with van der Waals surface area (Å²) in [5.74, 6) is 0. The van der Waals surface area contributed by atoms with Crippen LogP contribution in [0.15, 0.2) is 146 Å². The Morgan fingerprint density at radius 2 is 0.676 bits per heavy atom. The molecule has 0 unspecified atom stereocenters. The fourth-order valence-electron chi connectivity index (χ4n) is 3.13. The standard InChI is InChI=1S/C11H8N.2C10H8N2.Ru/c1-2-6-10(7-3-1)11-8-4-5-9-12-11;2*1-3-7-11-9(5-1)10-6-2-4-8-12-10;/h1-6,8-9H;2*1-8H;/q-1;;;+1. The van der Waals surface area contributed by atoms with Crippen molar-refractivity contribution in [1.82, 2.24) is 24.9 Å². The molecule has 5 heterocycles. The van der Waals surface area contributed by atoms with E-state index in [0.717, 1.165) is 34.0 Å². The van der Waals surface area contributed by atoms with Crippen LogP contribution in [0.1, 0.15) is 0 Å². The minimum atomic E-state index is 0. The van der Waals surface area contributed by atoms with Gasteiger partial charge < -0.3 is 4.98 Å². The van der Waals surface area contributed by atoms with E-state index in [4.69, 9.17) is 0 Å². The van der Waals surface area contributed by atoms with Crippen LogP contribution in [0.25, 0.3) is 34.0 Å². The first-order chi connectivity index (χ1) is 17.9. The van der Waals surface area contributed by atoms with Crippen molar-refractivity contribution in [3.05, 3.63) is 152 Å². The van der Waals surface area contributed by atoms with Crippen molar-refractivity contribution in [2.24, 2.45) is 0 Å². The molecule has 1 radical (unpaired) electrons. The molecule has 6 heteroatoms. The number of aromatic nitrogens is 5. The first-order valence-electron chi connectivity index (χ1n) is 11.4. The maximum Gasteiger partial charge on any atom is 1.00 e. The van der Waals surface area contributed by atoms with Gasteiger partial charge in [0.2, 0.25) is 0 Å². The van der Waals surface area contributed by atoms with Gasteiger partial charge in [0.15, 0.2) is 0 Å². The first-order valence-corrected chi connectivity index (χ1v) is 11.4. The summed E-state index contributed by atoms with van der Waals surface area (Å²) in [7, 11) is 0. The van der Waals surface area contributed by atoms with Crippen molar-refractivity contribution in [1.29, 1.82) is 0 Å². The molecule has 0 aliphatic rings. The van der Waals surface area contributed by atoms with E-state index in [1.807, 2.05) is 115 Å². The second-order valence-electron chi connectivity index (χ2n) is 7.35. The van der Waals surface area contributed by atoms with Gasteiger partial charge in [-0.3, -0.25) is 19.9 Å². The van der Waals surface area contributed by atoms with E-state index in [1.165, 1.54) is 0 Å². The van der Waals surface area contributed by atoms with Crippen LogP contribution in [0, 0.1) is 6.07 Å². The second-order valence-corrected chi connectivity index (χ2v) is 7.35. The SMILES string of the molecule is [Ru+].[c-]1ccccc1-c1ccccn1.c1ccc(-c2ccccn2)nc1.c1ccc(-c2ccccn2)nc1. The summed E-state index contributed by atoms with van der Waals surface area (Å²) < 4.78 is 0. The zero-order chi connectivity index (χ0) is 24.7. The maximum absolute atomic E-state index is 4.22. The van der Waals surface area contributed by atoms with Crippen LogP contribution in [0.4, 0.5) is 0 Å². The Morgan fingerprint density at radius 3 is 0.946 bits per heavy atom. The average Bonchev–Trinajstić information content (AvgIpc) is 3.01. The fraction of sp³-hybridized carbons (Fsp3) is 0. The summed E-state index contributed by atoms with van der Waals surface area (Å²) in [6.07, 6.45) is 8.86. The molecule has 6 aromatic rings. The maximum atomic E-state index is 4.22. The van der Waals surface area contributed by atoms with Gasteiger partial charge in [-0.1, -0.05) is 36.4 Å². The molecule has 0 fully saturated rings. The molecule has 0 N–H and O–H groups in total. The predicted molar refractivity (Wildman–Crippen MR) is 143 cm³/mol. The van der Waals surface area contributed by atoms with E-state index in [-0.39, 0.29) is 19.5 Å². The third kappa shape index (κ3) is 8.95. The molecule has 181 valence electrons. The Bertz CT molecular complexity index is 1100. The predicted octanol–water partition coefficient (Wildman–Crippen LogP) is 6.83. The van der Waals surface area contributed by atoms with E-state index in [9.17, 15) is 0 Å². The quantitative estimate of drug-likeness (QED) is 0.173. The number of nitrogens with zero attached hydrogens (tertiary/aromatic N) is 5. The molecule has 0 aliphatic carbocycles. The largest absolute Gasteiger partial charge is 1.00 e. The Balaban J connectivity index is 0.000000152. The van der Waals surface area contributed by atoms with Gasteiger partial charge in [-0.25, -0.2) is 0 Å². The van der Waals surface area contributed by atoms with Crippen molar-refractivity contribution in [2.45, 2.75) is 0 Å². The van der Waals surface area contributed by atoms with E-state index in [1.54, 1.807) is 31.0 Å². The van der Waals surface area contributed by atoms with Gasteiger partial charge in [0.05, 0.1) is 22.8 Å². The smallest absolute Gasteiger partial charge is 0.305 e. The van der Waals surface area contributed by atoms with Gasteiger partial charge in [-0.05, 0) is 60.3 Å². The monoisotopic (exact) mass is 568 g/mol. The van der Waals surface area contributed by atoms with Crippen molar-refractivity contribution >= 4 is 0 Å². The minimum Gasteiger partial charge on any atom is -0.305 e. The number of benzene rings is 1. The molecule has 1 aromatic carbocycles. The Labute approximate surface area is 230 Å². The van der Waals surface area contributed by atoms with Crippen LogP contribution in [0.2, 0.25) is 0 Å². The fourth-order valence-corrected chi connectivity index (χ4v) is 3.13. The topological polar surface area (TPSA) is 64.5 Å². The molecule has 0 bridgehead atoms. The number of pyridine rings is 5. The summed E-state index contributed by atoms with van der Waals surface area (Å²) in [4.78, 5) is 21.0. The van der Waals surface area contributed by atoms with Crippen molar-refractivity contribution in [3.8, 4) is 34.0 Å². The Hall–Kier alpha value is -4.41. The summed E-state index contributed by atoms with van der Waals surface area (Å²) in [6.45, 7) is 0. The van der Waals surface area contributed by atoms with Gasteiger partial charge in [0, 0.05) is 31.0 Å². The van der Waals surface area contributed by atoms with Crippen LogP contribution in [0.3, 0.4) is 0 Å². The van der Waals surface area contributed by atoms with Crippen molar-refractivity contribution < 1.29 is 19.5 Å². The molecule has 37 heavy (non-hydrogen) atoms. The summed E-state index contributed by atoms with van der Waals surface area (Å²) in [5.41, 5.74) is 5.67. The zero-order valence-electron chi connectivity index (χ0n) is 19.9. The Kier molecular flexibility index (Phi) is 11.4. The number of hydrogen-bond acceptors (Lipinski definition) is 5. The van der Waals surface area contributed by atoms with Gasteiger partial charge in [-0.2, -0.15) is 0 Å². The molecule has 0 spiro atoms. The van der Waals surface area contributed by atoms with E-state index >= 15 is 0 Å². The van der Waals surface area contributed by atoms with Crippen LogP contribution < -0.4 is 0 Å². The van der Waals surface area contributed by atoms with Crippen LogP contribution in [0.5, 0.6) is 0 Å². The van der Waals surface area contributed by atoms with E-state index in [0.29, 0.717) is 0 Å². The summed E-state index contributed by atoms with van der Waals surface area (Å²) in [6, 6.07) is 40.0. The molecule has 0 saturated heterocycles. The molecule has 6 rings (SSSR count). The van der Waals surface area contributed by atoms with E-state index < -0.39 is 0 Å². The van der Waals surface area contributed by atoms with Gasteiger partial charge >= 0.3 is 19.5 Å². The summed E-state index contributed by atoms with van der Waals surface area (Å²) >= 11 is 0. The van der Waals surface area contributed by atoms with Crippen LogP contribution in [-0.2, 0) is 19.5 Å². The summed E-state index contributed by atoms with van der Waals surface area (Å²) in [5, 5.41) is 0. The van der Waals surface area contributed by atoms with Crippen molar-refractivity contribution in [2.75, 3.05) is 0 Å². The second kappa shape index (κ2) is 15.6. The first kappa shape index (κ1) is 27.2. The molecular formula is C31H24N5Ru. The Morgan fingerprint density at radius 1 is 0.351 bits per heavy atom. The molecule has 0 aliphatic heterocycles. The van der Waals surface area contributed by atoms with Crippen LogP contribution >= 0.6 is 0 Å². The normalized spacial score (nSPS) is 9.41. The molecule has 0 saturated carbocycles. The average molecular weight is 568 g/mol. The van der Waals surface area contributed by atoms with Gasteiger partial charge in [-0.15, -0.1) is 35.9 Å². The molecule has 5 aromatic heterocycles. The third-order valence-corrected chi connectivity index (χ3v) is 4.83. The molecule has 0 amide bonds. The minimum absolute atomic E-state index is 0. The zero-order valence-corrected chi connectivity index (χ0v) is 21.7. The third-order valence-electron chi connectivity index (χ3n) is 4.83.